The van der Waals surface area contributed by atoms with Crippen LogP contribution in [-0.2, 0) is 14.8 Å². The minimum atomic E-state index is -3.84. The smallest absolute Gasteiger partial charge is 0.321 e. The summed E-state index contributed by atoms with van der Waals surface area (Å²) in [6, 6.07) is 3.59. The number of carboxylic acid groups (broad SMARTS) is 1. The summed E-state index contributed by atoms with van der Waals surface area (Å²) in [6.07, 6.45) is 0. The summed E-state index contributed by atoms with van der Waals surface area (Å²) in [7, 11) is -3.84. The van der Waals surface area contributed by atoms with Gasteiger partial charge in [-0.05, 0) is 41.4 Å². The largest absolute Gasteiger partial charge is 0.480 e. The second-order valence-electron chi connectivity index (χ2n) is 3.57. The second kappa shape index (κ2) is 5.16. The summed E-state index contributed by atoms with van der Waals surface area (Å²) in [5.41, 5.74) is 0.760. The van der Waals surface area contributed by atoms with Gasteiger partial charge < -0.3 is 5.11 Å². The van der Waals surface area contributed by atoms with Gasteiger partial charge in [0.25, 0.3) is 0 Å². The third kappa shape index (κ3) is 3.27. The van der Waals surface area contributed by atoms with E-state index < -0.39 is 22.0 Å². The van der Waals surface area contributed by atoms with Crippen molar-refractivity contribution in [3.8, 4) is 0 Å². The van der Waals surface area contributed by atoms with E-state index in [1.807, 2.05) is 0 Å². The van der Waals surface area contributed by atoms with Crippen LogP contribution in [0.2, 0.25) is 0 Å². The Morgan fingerprint density at radius 1 is 1.47 bits per heavy atom. The van der Waals surface area contributed by atoms with Crippen molar-refractivity contribution >= 4 is 31.9 Å². The lowest BCUT2D eigenvalue weighted by Crippen LogP contribution is -2.38. The molecule has 2 N–H and O–H groups in total. The number of carbonyl (C=O) groups is 1. The molecule has 1 atom stereocenters. The predicted molar refractivity (Wildman–Crippen MR) is 66.3 cm³/mol. The number of aryl methyl sites for hydroxylation is 1. The Labute approximate surface area is 108 Å². The summed E-state index contributed by atoms with van der Waals surface area (Å²) >= 11 is 3.18. The van der Waals surface area contributed by atoms with E-state index in [1.165, 1.54) is 13.0 Å². The van der Waals surface area contributed by atoms with Gasteiger partial charge in [0.2, 0.25) is 10.0 Å². The molecule has 0 radical (unpaired) electrons. The topological polar surface area (TPSA) is 83.5 Å². The van der Waals surface area contributed by atoms with E-state index in [4.69, 9.17) is 5.11 Å². The van der Waals surface area contributed by atoms with Crippen LogP contribution < -0.4 is 4.72 Å². The first-order chi connectivity index (χ1) is 7.75. The van der Waals surface area contributed by atoms with Crippen molar-refractivity contribution in [3.63, 3.8) is 0 Å². The molecule has 0 bridgehead atoms. The molecule has 0 spiro atoms. The molecule has 1 unspecified atom stereocenters. The van der Waals surface area contributed by atoms with E-state index in [1.54, 1.807) is 19.1 Å². The maximum absolute atomic E-state index is 11.9. The molecule has 1 aromatic rings. The predicted octanol–water partition coefficient (Wildman–Crippen LogP) is 1.51. The van der Waals surface area contributed by atoms with E-state index in [9.17, 15) is 13.2 Å². The van der Waals surface area contributed by atoms with Gasteiger partial charge in [-0.1, -0.05) is 12.1 Å². The lowest BCUT2D eigenvalue weighted by molar-refractivity contribution is -0.138. The third-order valence-corrected chi connectivity index (χ3v) is 5.05. The number of hydrogen-bond donors (Lipinski definition) is 2. The number of aliphatic carboxylic acids is 1. The molecule has 0 aromatic heterocycles. The Morgan fingerprint density at radius 3 is 2.59 bits per heavy atom. The summed E-state index contributed by atoms with van der Waals surface area (Å²) in [5.74, 6) is -1.22. The average molecular weight is 322 g/mol. The van der Waals surface area contributed by atoms with Gasteiger partial charge in [-0.25, -0.2) is 8.42 Å². The van der Waals surface area contributed by atoms with E-state index >= 15 is 0 Å². The highest BCUT2D eigenvalue weighted by atomic mass is 79.9. The number of carboxylic acids is 1. The van der Waals surface area contributed by atoms with Crippen LogP contribution in [0.3, 0.4) is 0 Å². The summed E-state index contributed by atoms with van der Waals surface area (Å²) < 4.78 is 26.3. The molecule has 0 fully saturated rings. The van der Waals surface area contributed by atoms with Gasteiger partial charge in [-0.2, -0.15) is 4.72 Å². The maximum atomic E-state index is 11.9. The van der Waals surface area contributed by atoms with Crippen LogP contribution >= 0.6 is 15.9 Å². The zero-order chi connectivity index (χ0) is 13.2. The Morgan fingerprint density at radius 2 is 2.06 bits per heavy atom. The fourth-order valence-electron chi connectivity index (χ4n) is 1.17. The zero-order valence-corrected chi connectivity index (χ0v) is 11.7. The first-order valence-electron chi connectivity index (χ1n) is 4.76. The van der Waals surface area contributed by atoms with Crippen LogP contribution in [0.1, 0.15) is 12.5 Å². The number of sulfonamides is 1. The lowest BCUT2D eigenvalue weighted by atomic mass is 10.2. The molecule has 0 aliphatic rings. The lowest BCUT2D eigenvalue weighted by Gasteiger charge is -2.12. The van der Waals surface area contributed by atoms with Crippen LogP contribution in [0, 0.1) is 6.92 Å². The Hall–Kier alpha value is -0.920. The highest BCUT2D eigenvalue weighted by Crippen LogP contribution is 2.25. The SMILES string of the molecule is Cc1cccc(S(=O)(=O)NC(C)C(=O)O)c1Br. The van der Waals surface area contributed by atoms with Gasteiger partial charge in [0, 0.05) is 4.47 Å². The van der Waals surface area contributed by atoms with Crippen molar-refractivity contribution in [2.24, 2.45) is 0 Å². The highest BCUT2D eigenvalue weighted by Gasteiger charge is 2.23. The Bertz CT molecular complexity index is 541. The minimum absolute atomic E-state index is 0.0330. The quantitative estimate of drug-likeness (QED) is 0.880. The van der Waals surface area contributed by atoms with Gasteiger partial charge in [0.05, 0.1) is 4.90 Å². The van der Waals surface area contributed by atoms with Crippen LogP contribution in [0.25, 0.3) is 0 Å². The molecule has 7 heteroatoms. The first kappa shape index (κ1) is 14.1. The van der Waals surface area contributed by atoms with Gasteiger partial charge in [0.1, 0.15) is 6.04 Å². The maximum Gasteiger partial charge on any atom is 0.321 e. The number of hydrogen-bond acceptors (Lipinski definition) is 3. The van der Waals surface area contributed by atoms with Gasteiger partial charge in [-0.15, -0.1) is 0 Å². The van der Waals surface area contributed by atoms with Crippen LogP contribution in [0.5, 0.6) is 0 Å². The Balaban J connectivity index is 3.14. The van der Waals surface area contributed by atoms with Crippen molar-refractivity contribution in [1.82, 2.24) is 4.72 Å². The van der Waals surface area contributed by atoms with E-state index in [2.05, 4.69) is 20.7 Å². The van der Waals surface area contributed by atoms with Crippen molar-refractivity contribution in [2.75, 3.05) is 0 Å². The van der Waals surface area contributed by atoms with Crippen molar-refractivity contribution in [1.29, 1.82) is 0 Å². The normalized spacial score (nSPS) is 13.4. The number of halogens is 1. The Kier molecular flexibility index (Phi) is 4.29. The van der Waals surface area contributed by atoms with Crippen molar-refractivity contribution < 1.29 is 18.3 Å². The fourth-order valence-corrected chi connectivity index (χ4v) is 3.43. The molecular weight excluding hydrogens is 310 g/mol. The number of nitrogens with one attached hydrogen (secondary N) is 1. The molecule has 1 aromatic carbocycles. The van der Waals surface area contributed by atoms with E-state index in [-0.39, 0.29) is 4.90 Å². The number of benzene rings is 1. The molecule has 5 nitrogen and oxygen atoms in total. The summed E-state index contributed by atoms with van der Waals surface area (Å²) in [4.78, 5) is 10.7. The molecule has 0 aliphatic carbocycles. The van der Waals surface area contributed by atoms with E-state index in [0.29, 0.717) is 4.47 Å². The van der Waals surface area contributed by atoms with E-state index in [0.717, 1.165) is 5.56 Å². The van der Waals surface area contributed by atoms with Crippen molar-refractivity contribution in [3.05, 3.63) is 28.2 Å². The monoisotopic (exact) mass is 321 g/mol. The molecule has 0 amide bonds. The van der Waals surface area contributed by atoms with Crippen LogP contribution in [-0.4, -0.2) is 25.5 Å². The van der Waals surface area contributed by atoms with Crippen LogP contribution in [0.15, 0.2) is 27.6 Å². The third-order valence-electron chi connectivity index (χ3n) is 2.15. The van der Waals surface area contributed by atoms with Gasteiger partial charge in [-0.3, -0.25) is 4.79 Å². The fraction of sp³-hybridized carbons (Fsp3) is 0.300. The summed E-state index contributed by atoms with van der Waals surface area (Å²) in [6.45, 7) is 3.02. The van der Waals surface area contributed by atoms with Crippen LogP contribution in [0.4, 0.5) is 0 Å². The first-order valence-corrected chi connectivity index (χ1v) is 7.03. The van der Waals surface area contributed by atoms with Crippen molar-refractivity contribution in [2.45, 2.75) is 24.8 Å². The molecule has 0 heterocycles. The molecule has 94 valence electrons. The van der Waals surface area contributed by atoms with Gasteiger partial charge >= 0.3 is 5.97 Å². The standard InChI is InChI=1S/C10H12BrNO4S/c1-6-4-3-5-8(9(6)11)17(15,16)12-7(2)10(13)14/h3-5,7,12H,1-2H3,(H,13,14). The highest BCUT2D eigenvalue weighted by molar-refractivity contribution is 9.10. The molecule has 1 rings (SSSR count). The minimum Gasteiger partial charge on any atom is -0.480 e. The number of rotatable bonds is 4. The molecule has 0 aliphatic heterocycles. The van der Waals surface area contributed by atoms with Gasteiger partial charge in [0.15, 0.2) is 0 Å². The second-order valence-corrected chi connectivity index (χ2v) is 6.04. The zero-order valence-electron chi connectivity index (χ0n) is 9.27. The average Bonchev–Trinajstić information content (AvgIpc) is 2.21. The molecular formula is C10H12BrNO4S. The molecule has 0 saturated heterocycles. The summed E-state index contributed by atoms with van der Waals surface area (Å²) in [5, 5.41) is 8.68. The molecule has 17 heavy (non-hydrogen) atoms. The molecule has 0 saturated carbocycles.